The Morgan fingerprint density at radius 1 is 1.40 bits per heavy atom. The number of nitrogens with zero attached hydrogens (tertiary/aromatic N) is 3. The Kier molecular flexibility index (Phi) is 3.95. The summed E-state index contributed by atoms with van der Waals surface area (Å²) in [4.78, 5) is 15.1. The van der Waals surface area contributed by atoms with Gasteiger partial charge < -0.3 is 14.1 Å². The smallest absolute Gasteiger partial charge is 0.290 e. The third kappa shape index (κ3) is 2.67. The maximum Gasteiger partial charge on any atom is 0.290 e. The summed E-state index contributed by atoms with van der Waals surface area (Å²) >= 11 is 0. The van der Waals surface area contributed by atoms with Crippen LogP contribution in [0.25, 0.3) is 11.0 Å². The lowest BCUT2D eigenvalue weighted by atomic mass is 10.1. The number of hydrogen-bond acceptors (Lipinski definition) is 4. The van der Waals surface area contributed by atoms with E-state index in [9.17, 15) is 4.79 Å². The van der Waals surface area contributed by atoms with E-state index in [2.05, 4.69) is 5.10 Å². The molecule has 6 nitrogen and oxygen atoms in total. The van der Waals surface area contributed by atoms with Crippen LogP contribution in [0.1, 0.15) is 29.0 Å². The van der Waals surface area contributed by atoms with E-state index in [0.29, 0.717) is 23.6 Å². The zero-order valence-electron chi connectivity index (χ0n) is 14.4. The minimum Gasteiger partial charge on any atom is -0.493 e. The van der Waals surface area contributed by atoms with Crippen LogP contribution in [0.15, 0.2) is 41.1 Å². The van der Waals surface area contributed by atoms with Gasteiger partial charge in [-0.3, -0.25) is 9.48 Å². The minimum atomic E-state index is -0.0505. The number of aryl methyl sites for hydroxylation is 1. The molecule has 1 aromatic carbocycles. The van der Waals surface area contributed by atoms with E-state index >= 15 is 0 Å². The molecule has 1 aliphatic heterocycles. The molecule has 25 heavy (non-hydrogen) atoms. The average molecular weight is 339 g/mol. The molecule has 0 radical (unpaired) electrons. The number of ether oxygens (including phenoxy) is 1. The topological polar surface area (TPSA) is 60.5 Å². The maximum atomic E-state index is 13.1. The van der Waals surface area contributed by atoms with Gasteiger partial charge in [0.25, 0.3) is 5.91 Å². The molecule has 2 aromatic heterocycles. The van der Waals surface area contributed by atoms with E-state index in [1.165, 1.54) is 0 Å². The van der Waals surface area contributed by atoms with Crippen molar-refractivity contribution in [1.82, 2.24) is 14.7 Å². The van der Waals surface area contributed by atoms with Crippen molar-refractivity contribution in [1.29, 1.82) is 0 Å². The normalized spacial score (nSPS) is 17.4. The summed E-state index contributed by atoms with van der Waals surface area (Å²) in [7, 11) is 1.61. The van der Waals surface area contributed by atoms with Gasteiger partial charge in [0.1, 0.15) is 0 Å². The Balaban J connectivity index is 1.66. The lowest BCUT2D eigenvalue weighted by molar-refractivity contribution is 0.0690. The van der Waals surface area contributed by atoms with Gasteiger partial charge in [-0.05, 0) is 31.9 Å². The van der Waals surface area contributed by atoms with Crippen LogP contribution in [0.2, 0.25) is 0 Å². The Hall–Kier alpha value is -2.76. The molecule has 1 aliphatic rings. The van der Waals surface area contributed by atoms with Crippen molar-refractivity contribution >= 4 is 16.9 Å². The summed E-state index contributed by atoms with van der Waals surface area (Å²) in [6.07, 6.45) is 5.67. The highest BCUT2D eigenvalue weighted by Crippen LogP contribution is 2.34. The first-order valence-electron chi connectivity index (χ1n) is 8.53. The highest BCUT2D eigenvalue weighted by molar-refractivity contribution is 6.00. The first-order chi connectivity index (χ1) is 12.2. The molecule has 0 saturated carbocycles. The first kappa shape index (κ1) is 15.7. The monoisotopic (exact) mass is 339 g/mol. The van der Waals surface area contributed by atoms with Gasteiger partial charge in [-0.15, -0.1) is 0 Å². The third-order valence-electron chi connectivity index (χ3n) is 4.94. The molecule has 1 amide bonds. The fourth-order valence-corrected chi connectivity index (χ4v) is 3.63. The van der Waals surface area contributed by atoms with Gasteiger partial charge >= 0.3 is 0 Å². The number of aromatic nitrogens is 2. The molecule has 0 N–H and O–H groups in total. The number of amides is 1. The zero-order valence-corrected chi connectivity index (χ0v) is 14.4. The van der Waals surface area contributed by atoms with Gasteiger partial charge in [-0.2, -0.15) is 5.10 Å². The van der Waals surface area contributed by atoms with Crippen molar-refractivity contribution in [3.8, 4) is 5.75 Å². The van der Waals surface area contributed by atoms with Crippen LogP contribution in [0.5, 0.6) is 5.75 Å². The van der Waals surface area contributed by atoms with Crippen LogP contribution in [-0.4, -0.2) is 40.3 Å². The number of likely N-dealkylation sites (tertiary alicyclic amines) is 1. The molecule has 0 spiro atoms. The quantitative estimate of drug-likeness (QED) is 0.732. The van der Waals surface area contributed by atoms with Crippen LogP contribution in [0, 0.1) is 6.92 Å². The number of carbonyl (C=O) groups excluding carboxylic acids is 1. The molecule has 1 fully saturated rings. The number of furan rings is 1. The molecule has 0 aliphatic carbocycles. The van der Waals surface area contributed by atoms with Gasteiger partial charge in [0, 0.05) is 29.9 Å². The standard InChI is InChI=1S/C19H21N3O3/c1-13-15-7-3-8-16(24-2)18(15)25-17(13)19(23)22-11-4-6-14(22)12-21-10-5-9-20-21/h3,5,7-10,14H,4,6,11-12H2,1-2H3. The van der Waals surface area contributed by atoms with E-state index < -0.39 is 0 Å². The van der Waals surface area contributed by atoms with Crippen LogP contribution < -0.4 is 4.74 Å². The third-order valence-corrected chi connectivity index (χ3v) is 4.94. The number of benzene rings is 1. The van der Waals surface area contributed by atoms with Crippen molar-refractivity contribution in [3.05, 3.63) is 48.0 Å². The summed E-state index contributed by atoms with van der Waals surface area (Å²) in [5.41, 5.74) is 1.50. The number of rotatable bonds is 4. The summed E-state index contributed by atoms with van der Waals surface area (Å²) in [5.74, 6) is 1.01. The Bertz CT molecular complexity index is 898. The second kappa shape index (κ2) is 6.27. The molecule has 4 rings (SSSR count). The largest absolute Gasteiger partial charge is 0.493 e. The predicted octanol–water partition coefficient (Wildman–Crippen LogP) is 3.25. The minimum absolute atomic E-state index is 0.0505. The number of methoxy groups -OCH3 is 1. The van der Waals surface area contributed by atoms with Gasteiger partial charge in [0.2, 0.25) is 0 Å². The average Bonchev–Trinajstić information content (AvgIpc) is 3.36. The summed E-state index contributed by atoms with van der Waals surface area (Å²) in [6, 6.07) is 7.75. The Morgan fingerprint density at radius 2 is 2.28 bits per heavy atom. The molecule has 3 heterocycles. The van der Waals surface area contributed by atoms with Crippen LogP contribution in [0.3, 0.4) is 0 Å². The van der Waals surface area contributed by atoms with Crippen LogP contribution in [-0.2, 0) is 6.54 Å². The van der Waals surface area contributed by atoms with E-state index in [1.54, 1.807) is 13.3 Å². The number of fused-ring (bicyclic) bond motifs is 1. The van der Waals surface area contributed by atoms with Crippen molar-refractivity contribution in [2.75, 3.05) is 13.7 Å². The molecular weight excluding hydrogens is 318 g/mol. The van der Waals surface area contributed by atoms with E-state index in [4.69, 9.17) is 9.15 Å². The molecule has 3 aromatic rings. The second-order valence-electron chi connectivity index (χ2n) is 6.42. The zero-order chi connectivity index (χ0) is 17.4. The fourth-order valence-electron chi connectivity index (χ4n) is 3.63. The molecule has 1 saturated heterocycles. The van der Waals surface area contributed by atoms with Gasteiger partial charge in [0.05, 0.1) is 19.7 Å². The van der Waals surface area contributed by atoms with Crippen molar-refractivity contribution in [3.63, 3.8) is 0 Å². The number of para-hydroxylation sites is 1. The molecule has 0 bridgehead atoms. The van der Waals surface area contributed by atoms with Crippen LogP contribution >= 0.6 is 0 Å². The first-order valence-corrected chi connectivity index (χ1v) is 8.53. The number of carbonyl (C=O) groups is 1. The molecule has 130 valence electrons. The lowest BCUT2D eigenvalue weighted by Crippen LogP contribution is -2.38. The summed E-state index contributed by atoms with van der Waals surface area (Å²) < 4.78 is 13.2. The highest BCUT2D eigenvalue weighted by atomic mass is 16.5. The number of hydrogen-bond donors (Lipinski definition) is 0. The summed E-state index contributed by atoms with van der Waals surface area (Å²) in [5, 5.41) is 5.18. The molecule has 1 unspecified atom stereocenters. The van der Waals surface area contributed by atoms with Crippen molar-refractivity contribution in [2.24, 2.45) is 0 Å². The predicted molar refractivity (Wildman–Crippen MR) is 93.8 cm³/mol. The van der Waals surface area contributed by atoms with E-state index in [-0.39, 0.29) is 11.9 Å². The van der Waals surface area contributed by atoms with Gasteiger partial charge in [-0.25, -0.2) is 0 Å². The SMILES string of the molecule is COc1cccc2c(C)c(C(=O)N3CCCC3Cn3cccn3)oc12. The summed E-state index contributed by atoms with van der Waals surface area (Å²) in [6.45, 7) is 3.39. The van der Waals surface area contributed by atoms with Crippen molar-refractivity contribution in [2.45, 2.75) is 32.4 Å². The van der Waals surface area contributed by atoms with Gasteiger partial charge in [-0.1, -0.05) is 12.1 Å². The van der Waals surface area contributed by atoms with Gasteiger partial charge in [0.15, 0.2) is 17.1 Å². The lowest BCUT2D eigenvalue weighted by Gasteiger charge is -2.24. The maximum absolute atomic E-state index is 13.1. The van der Waals surface area contributed by atoms with E-state index in [1.807, 2.05) is 47.0 Å². The van der Waals surface area contributed by atoms with E-state index in [0.717, 1.165) is 30.3 Å². The Labute approximate surface area is 146 Å². The molecule has 1 atom stereocenters. The molecular formula is C19H21N3O3. The highest BCUT2D eigenvalue weighted by Gasteiger charge is 2.33. The van der Waals surface area contributed by atoms with Crippen molar-refractivity contribution < 1.29 is 13.9 Å². The Morgan fingerprint density at radius 3 is 3.04 bits per heavy atom. The fraction of sp³-hybridized carbons (Fsp3) is 0.368. The second-order valence-corrected chi connectivity index (χ2v) is 6.42. The van der Waals surface area contributed by atoms with Crippen LogP contribution in [0.4, 0.5) is 0 Å². The molecule has 6 heteroatoms.